The third-order valence-corrected chi connectivity index (χ3v) is 12.6. The van der Waals surface area contributed by atoms with Crippen molar-refractivity contribution in [2.24, 2.45) is 7.05 Å². The van der Waals surface area contributed by atoms with Gasteiger partial charge in [0.1, 0.15) is 28.6 Å². The Morgan fingerprint density at radius 1 is 1.04 bits per heavy atom. The summed E-state index contributed by atoms with van der Waals surface area (Å²) in [6, 6.07) is 7.55. The number of sulfone groups is 1. The molecular weight excluding hydrogens is 805 g/mol. The van der Waals surface area contributed by atoms with Crippen LogP contribution in [0.25, 0.3) is 22.0 Å². The second-order valence-electron chi connectivity index (χ2n) is 13.8. The number of rotatable bonds is 11. The molecule has 20 heteroatoms. The first-order chi connectivity index (χ1) is 26.0. The Labute approximate surface area is 323 Å². The molecule has 2 aromatic carbocycles. The van der Waals surface area contributed by atoms with Crippen LogP contribution in [0.4, 0.5) is 27.8 Å². The number of hydrogen-bond acceptors (Lipinski definition) is 8. The van der Waals surface area contributed by atoms with E-state index in [-0.39, 0.29) is 45.2 Å². The number of carbonyl (C=O) groups is 1. The number of benzene rings is 2. The Hall–Kier alpha value is -5.06. The van der Waals surface area contributed by atoms with Crippen LogP contribution in [0, 0.1) is 23.5 Å². The molecule has 3 aromatic heterocycles. The van der Waals surface area contributed by atoms with Crippen LogP contribution in [0.3, 0.4) is 0 Å². The molecule has 6 rings (SSSR count). The molecule has 0 spiro atoms. The van der Waals surface area contributed by atoms with E-state index in [0.29, 0.717) is 42.4 Å². The Bertz CT molecular complexity index is 2640. The number of fused-ring (bicyclic) bond motifs is 1. The summed E-state index contributed by atoms with van der Waals surface area (Å²) >= 11 is 6.57. The number of anilines is 1. The summed E-state index contributed by atoms with van der Waals surface area (Å²) in [5.74, 6) is 2.82. The zero-order valence-electron chi connectivity index (χ0n) is 30.0. The van der Waals surface area contributed by atoms with Crippen molar-refractivity contribution >= 4 is 54.1 Å². The monoisotopic (exact) mass is 837 g/mol. The fourth-order valence-electron chi connectivity index (χ4n) is 6.13. The Morgan fingerprint density at radius 2 is 1.70 bits per heavy atom. The van der Waals surface area contributed by atoms with E-state index >= 15 is 0 Å². The summed E-state index contributed by atoms with van der Waals surface area (Å²) in [6.45, 7) is 2.25. The van der Waals surface area contributed by atoms with Crippen molar-refractivity contribution in [3.05, 3.63) is 94.0 Å². The van der Waals surface area contributed by atoms with E-state index in [9.17, 15) is 43.6 Å². The van der Waals surface area contributed by atoms with E-state index in [2.05, 4.69) is 32.1 Å². The van der Waals surface area contributed by atoms with Gasteiger partial charge in [-0.2, -0.15) is 23.4 Å². The van der Waals surface area contributed by atoms with Crippen LogP contribution in [-0.2, 0) is 50.8 Å². The minimum absolute atomic E-state index is 0.0385. The number of amides is 1. The smallest absolute Gasteiger partial charge is 0.346 e. The van der Waals surface area contributed by atoms with E-state index in [1.165, 1.54) is 37.7 Å². The largest absolute Gasteiger partial charge is 0.419 e. The molecular formula is C36H33ClF5N7O5S2. The normalized spacial score (nSPS) is 14.3. The first-order valence-corrected chi connectivity index (χ1v) is 20.6. The first-order valence-electron chi connectivity index (χ1n) is 16.8. The lowest BCUT2D eigenvalue weighted by molar-refractivity contribution is -0.137. The van der Waals surface area contributed by atoms with Gasteiger partial charge in [-0.1, -0.05) is 23.6 Å². The van der Waals surface area contributed by atoms with Crippen LogP contribution in [0.15, 0.2) is 54.9 Å². The topological polar surface area (TPSA) is 158 Å². The number of aromatic nitrogens is 5. The summed E-state index contributed by atoms with van der Waals surface area (Å²) in [5.41, 5.74) is -0.0103. The van der Waals surface area contributed by atoms with Crippen LogP contribution >= 0.6 is 11.6 Å². The molecule has 1 aliphatic rings. The molecule has 2 N–H and O–H groups in total. The number of carbonyl (C=O) groups excluding carboxylic acids is 1. The van der Waals surface area contributed by atoms with Gasteiger partial charge >= 0.3 is 6.18 Å². The number of sulfonamides is 1. The standard InChI is InChI=1S/C36H33ClF5N7O5S2/c1-35(2,56(53,54)25-6-7-25)12-11-24-5-8-26(27-9-10-28(37)31-33(27)48(3)46-34(31)47-55(4,51)52)32(44-24)29(15-20-13-22(38)16-23(39)14-20)45-30(50)19-49-18-21(17-43-49)36(40,41)42/h5,8-10,13-14,16-18,25,29H,6-7,15,19H2,1-4H3,(H,45,50)(H,46,47)/t29-/m0/s1. The maximum Gasteiger partial charge on any atom is 0.419 e. The number of aryl methyl sites for hydroxylation is 1. The quantitative estimate of drug-likeness (QED) is 0.122. The summed E-state index contributed by atoms with van der Waals surface area (Å²) in [4.78, 5) is 18.3. The van der Waals surface area contributed by atoms with Gasteiger partial charge in [0.2, 0.25) is 15.9 Å². The highest BCUT2D eigenvalue weighted by atomic mass is 35.5. The van der Waals surface area contributed by atoms with Crippen molar-refractivity contribution < 1.29 is 43.6 Å². The average molecular weight is 838 g/mol. The predicted octanol–water partition coefficient (Wildman–Crippen LogP) is 5.96. The average Bonchev–Trinajstić information content (AvgIpc) is 3.75. The maximum atomic E-state index is 14.5. The van der Waals surface area contributed by atoms with Crippen molar-refractivity contribution in [1.82, 2.24) is 29.9 Å². The molecule has 0 radical (unpaired) electrons. The van der Waals surface area contributed by atoms with Gasteiger partial charge in [0.25, 0.3) is 0 Å². The zero-order valence-corrected chi connectivity index (χ0v) is 32.4. The molecule has 0 bridgehead atoms. The fourth-order valence-corrected chi connectivity index (χ4v) is 8.64. The molecule has 0 unspecified atom stereocenters. The number of alkyl halides is 3. The summed E-state index contributed by atoms with van der Waals surface area (Å²) in [6.07, 6.45) is -1.86. The highest BCUT2D eigenvalue weighted by Crippen LogP contribution is 2.40. The number of pyridine rings is 1. The second-order valence-corrected chi connectivity index (χ2v) is 18.8. The van der Waals surface area contributed by atoms with E-state index in [1.54, 1.807) is 12.1 Å². The Kier molecular flexibility index (Phi) is 10.7. The van der Waals surface area contributed by atoms with Gasteiger partial charge in [-0.15, -0.1) is 0 Å². The minimum atomic E-state index is -4.72. The number of nitrogens with one attached hydrogen (secondary N) is 2. The lowest BCUT2D eigenvalue weighted by Crippen LogP contribution is -2.34. The summed E-state index contributed by atoms with van der Waals surface area (Å²) < 4.78 is 123. The van der Waals surface area contributed by atoms with Crippen LogP contribution in [0.5, 0.6) is 0 Å². The maximum absolute atomic E-state index is 14.5. The number of halogens is 6. The van der Waals surface area contributed by atoms with E-state index < -0.39 is 71.7 Å². The van der Waals surface area contributed by atoms with Gasteiger partial charge in [-0.25, -0.2) is 30.6 Å². The van der Waals surface area contributed by atoms with Crippen molar-refractivity contribution in [1.29, 1.82) is 0 Å². The zero-order chi connectivity index (χ0) is 41.0. The Morgan fingerprint density at radius 3 is 2.30 bits per heavy atom. The van der Waals surface area contributed by atoms with Gasteiger partial charge in [-0.3, -0.25) is 18.9 Å². The molecule has 12 nitrogen and oxygen atoms in total. The lowest BCUT2D eigenvalue weighted by atomic mass is 9.93. The molecule has 5 aromatic rings. The van der Waals surface area contributed by atoms with Crippen LogP contribution in [0.2, 0.25) is 5.02 Å². The molecule has 1 atom stereocenters. The van der Waals surface area contributed by atoms with Crippen molar-refractivity contribution in [3.8, 4) is 23.0 Å². The number of hydrogen-bond donors (Lipinski definition) is 2. The third-order valence-electron chi connectivity index (χ3n) is 8.89. The molecule has 0 aliphatic heterocycles. The summed E-state index contributed by atoms with van der Waals surface area (Å²) in [5, 5.41) is 10.5. The van der Waals surface area contributed by atoms with Crippen LogP contribution in [0.1, 0.15) is 55.2 Å². The lowest BCUT2D eigenvalue weighted by Gasteiger charge is -2.23. The van der Waals surface area contributed by atoms with Gasteiger partial charge < -0.3 is 5.32 Å². The Balaban J connectivity index is 1.54. The number of nitrogens with zero attached hydrogens (tertiary/aromatic N) is 5. The molecule has 296 valence electrons. The first kappa shape index (κ1) is 40.6. The van der Waals surface area contributed by atoms with Crippen LogP contribution in [-0.4, -0.2) is 63.5 Å². The SMILES string of the molecule is Cn1nc(NS(C)(=O)=O)c2c(Cl)ccc(-c3ccc(C#CC(C)(C)S(=O)(=O)C4CC4)nc3[C@H](Cc3cc(F)cc(F)c3)NC(=O)Cn3cc(C(F)(F)F)cn3)c21. The van der Waals surface area contributed by atoms with E-state index in [1.807, 2.05) is 0 Å². The van der Waals surface area contributed by atoms with Crippen molar-refractivity contribution in [2.45, 2.75) is 61.9 Å². The van der Waals surface area contributed by atoms with Gasteiger partial charge in [-0.05, 0) is 74.9 Å². The van der Waals surface area contributed by atoms with Crippen molar-refractivity contribution in [3.63, 3.8) is 0 Å². The van der Waals surface area contributed by atoms with Crippen molar-refractivity contribution in [2.75, 3.05) is 11.0 Å². The molecule has 0 saturated heterocycles. The molecule has 1 saturated carbocycles. The fraction of sp³-hybridized carbons (Fsp3) is 0.333. The highest BCUT2D eigenvalue weighted by Gasteiger charge is 2.45. The van der Waals surface area contributed by atoms with Gasteiger partial charge in [0, 0.05) is 30.4 Å². The molecule has 1 aliphatic carbocycles. The second kappa shape index (κ2) is 14.8. The molecule has 3 heterocycles. The highest BCUT2D eigenvalue weighted by molar-refractivity contribution is 7.93. The van der Waals surface area contributed by atoms with E-state index in [0.717, 1.165) is 23.1 Å². The van der Waals surface area contributed by atoms with Crippen LogP contribution < -0.4 is 10.0 Å². The van der Waals surface area contributed by atoms with E-state index in [4.69, 9.17) is 16.6 Å². The van der Waals surface area contributed by atoms with Gasteiger partial charge in [0.05, 0.1) is 50.9 Å². The molecule has 1 amide bonds. The van der Waals surface area contributed by atoms with Gasteiger partial charge in [0.15, 0.2) is 15.7 Å². The predicted molar refractivity (Wildman–Crippen MR) is 198 cm³/mol. The minimum Gasteiger partial charge on any atom is -0.346 e. The molecule has 1 fully saturated rings. The third kappa shape index (κ3) is 8.82. The summed E-state index contributed by atoms with van der Waals surface area (Å²) in [7, 11) is -5.94. The molecule has 56 heavy (non-hydrogen) atoms.